The molecule has 0 spiro atoms. The number of rotatable bonds is 4. The average Bonchev–Trinajstić information content (AvgIpc) is 2.86. The molecule has 1 N–H and O–H groups in total. The number of ether oxygens (including phenoxy) is 1. The second-order valence-corrected chi connectivity index (χ2v) is 5.81. The van der Waals surface area contributed by atoms with Gasteiger partial charge in [0.2, 0.25) is 5.88 Å². The van der Waals surface area contributed by atoms with Crippen LogP contribution in [-0.4, -0.2) is 28.9 Å². The molecule has 3 amide bonds. The topological polar surface area (TPSA) is 95.3 Å². The van der Waals surface area contributed by atoms with Crippen molar-refractivity contribution >= 4 is 11.9 Å². The molecule has 7 heteroatoms. The van der Waals surface area contributed by atoms with Gasteiger partial charge in [-0.25, -0.2) is 9.78 Å². The lowest BCUT2D eigenvalue weighted by molar-refractivity contribution is -0.131. The molecule has 0 saturated carbocycles. The summed E-state index contributed by atoms with van der Waals surface area (Å²) in [6.45, 7) is 1.71. The zero-order chi connectivity index (χ0) is 18.0. The standard InChI is InChI=1S/C18H16N4O3/c1-18(14-7-5-12(10-19)6-8-14)16(23)22(17(24)21-18)11-13-4-3-9-20-15(13)25-2/h3-9H,11H2,1-2H3,(H,21,24)/t18-/m1/s1. The molecule has 1 fully saturated rings. The van der Waals surface area contributed by atoms with E-state index in [0.29, 0.717) is 22.6 Å². The Labute approximate surface area is 144 Å². The number of pyridine rings is 1. The van der Waals surface area contributed by atoms with Gasteiger partial charge in [-0.1, -0.05) is 18.2 Å². The second kappa shape index (κ2) is 6.24. The maximum Gasteiger partial charge on any atom is 0.325 e. The highest BCUT2D eigenvalue weighted by Gasteiger charge is 2.49. The number of benzene rings is 1. The van der Waals surface area contributed by atoms with E-state index in [2.05, 4.69) is 10.3 Å². The van der Waals surface area contributed by atoms with E-state index in [1.807, 2.05) is 6.07 Å². The minimum atomic E-state index is -1.18. The summed E-state index contributed by atoms with van der Waals surface area (Å²) < 4.78 is 5.18. The van der Waals surface area contributed by atoms with E-state index < -0.39 is 11.6 Å². The Kier molecular flexibility index (Phi) is 4.11. The van der Waals surface area contributed by atoms with Crippen molar-refractivity contribution in [3.63, 3.8) is 0 Å². The van der Waals surface area contributed by atoms with Gasteiger partial charge < -0.3 is 10.1 Å². The Balaban J connectivity index is 1.90. The molecular weight excluding hydrogens is 320 g/mol. The van der Waals surface area contributed by atoms with Gasteiger partial charge in [-0.15, -0.1) is 0 Å². The number of imide groups is 1. The zero-order valence-electron chi connectivity index (χ0n) is 13.8. The van der Waals surface area contributed by atoms with E-state index in [0.717, 1.165) is 4.90 Å². The third-order valence-electron chi connectivity index (χ3n) is 4.24. The molecule has 1 saturated heterocycles. The zero-order valence-corrected chi connectivity index (χ0v) is 13.8. The number of carbonyl (C=O) groups is 2. The molecule has 1 aliphatic heterocycles. The molecule has 25 heavy (non-hydrogen) atoms. The minimum Gasteiger partial charge on any atom is -0.481 e. The Hall–Kier alpha value is -3.40. The molecule has 1 aromatic carbocycles. The number of methoxy groups -OCH3 is 1. The number of nitriles is 1. The summed E-state index contributed by atoms with van der Waals surface area (Å²) in [6.07, 6.45) is 1.58. The number of hydrogen-bond donors (Lipinski definition) is 1. The predicted octanol–water partition coefficient (Wildman–Crippen LogP) is 1.93. The smallest absolute Gasteiger partial charge is 0.325 e. The fourth-order valence-electron chi connectivity index (χ4n) is 2.81. The van der Waals surface area contributed by atoms with Crippen LogP contribution in [0.1, 0.15) is 23.6 Å². The number of nitrogens with zero attached hydrogens (tertiary/aromatic N) is 3. The number of hydrogen-bond acceptors (Lipinski definition) is 5. The molecule has 0 aliphatic carbocycles. The van der Waals surface area contributed by atoms with Crippen LogP contribution in [0.25, 0.3) is 0 Å². The van der Waals surface area contributed by atoms with E-state index in [9.17, 15) is 9.59 Å². The molecule has 2 aromatic rings. The van der Waals surface area contributed by atoms with Crippen LogP contribution >= 0.6 is 0 Å². The summed E-state index contributed by atoms with van der Waals surface area (Å²) in [5.74, 6) is 0.00295. The van der Waals surface area contributed by atoms with Crippen LogP contribution in [0, 0.1) is 11.3 Å². The van der Waals surface area contributed by atoms with Gasteiger partial charge in [0.15, 0.2) is 0 Å². The first-order valence-corrected chi connectivity index (χ1v) is 7.62. The third-order valence-corrected chi connectivity index (χ3v) is 4.24. The summed E-state index contributed by atoms with van der Waals surface area (Å²) in [4.78, 5) is 30.5. The maximum absolute atomic E-state index is 12.9. The first kappa shape index (κ1) is 16.5. The lowest BCUT2D eigenvalue weighted by Crippen LogP contribution is -2.40. The highest BCUT2D eigenvalue weighted by molar-refractivity contribution is 6.07. The van der Waals surface area contributed by atoms with Crippen LogP contribution in [0.3, 0.4) is 0 Å². The fourth-order valence-corrected chi connectivity index (χ4v) is 2.81. The van der Waals surface area contributed by atoms with E-state index in [4.69, 9.17) is 10.00 Å². The monoisotopic (exact) mass is 336 g/mol. The van der Waals surface area contributed by atoms with E-state index >= 15 is 0 Å². The van der Waals surface area contributed by atoms with Gasteiger partial charge in [0.05, 0.1) is 25.3 Å². The average molecular weight is 336 g/mol. The predicted molar refractivity (Wildman–Crippen MR) is 88.4 cm³/mol. The number of aromatic nitrogens is 1. The number of amides is 3. The fraction of sp³-hybridized carbons (Fsp3) is 0.222. The number of carbonyl (C=O) groups excluding carboxylic acids is 2. The Morgan fingerprint density at radius 3 is 2.64 bits per heavy atom. The van der Waals surface area contributed by atoms with Gasteiger partial charge >= 0.3 is 6.03 Å². The van der Waals surface area contributed by atoms with Crippen molar-refractivity contribution in [2.45, 2.75) is 19.0 Å². The van der Waals surface area contributed by atoms with Crippen LogP contribution in [-0.2, 0) is 16.9 Å². The molecule has 3 rings (SSSR count). The minimum absolute atomic E-state index is 0.0630. The molecule has 0 radical (unpaired) electrons. The highest BCUT2D eigenvalue weighted by atomic mass is 16.5. The van der Waals surface area contributed by atoms with Crippen LogP contribution in [0.2, 0.25) is 0 Å². The van der Waals surface area contributed by atoms with Crippen molar-refractivity contribution in [1.82, 2.24) is 15.2 Å². The summed E-state index contributed by atoms with van der Waals surface area (Å²) in [5, 5.41) is 11.6. The summed E-state index contributed by atoms with van der Waals surface area (Å²) in [6, 6.07) is 11.6. The van der Waals surface area contributed by atoms with Crippen molar-refractivity contribution in [3.05, 3.63) is 59.3 Å². The lowest BCUT2D eigenvalue weighted by atomic mass is 9.91. The molecule has 2 heterocycles. The molecule has 126 valence electrons. The van der Waals surface area contributed by atoms with E-state index in [1.165, 1.54) is 7.11 Å². The molecule has 0 unspecified atom stereocenters. The summed E-state index contributed by atoms with van der Waals surface area (Å²) in [5.41, 5.74) is 0.560. The van der Waals surface area contributed by atoms with E-state index in [-0.39, 0.29) is 12.5 Å². The quantitative estimate of drug-likeness (QED) is 0.861. The third kappa shape index (κ3) is 2.78. The SMILES string of the molecule is COc1ncccc1CN1C(=O)N[C@](C)(c2ccc(C#N)cc2)C1=O. The van der Waals surface area contributed by atoms with Gasteiger partial charge in [0, 0.05) is 11.8 Å². The normalized spacial score (nSPS) is 19.5. The molecule has 1 aliphatic rings. The van der Waals surface area contributed by atoms with Crippen LogP contribution in [0.5, 0.6) is 5.88 Å². The van der Waals surface area contributed by atoms with Crippen molar-refractivity contribution in [2.24, 2.45) is 0 Å². The van der Waals surface area contributed by atoms with Crippen molar-refractivity contribution in [1.29, 1.82) is 5.26 Å². The molecule has 1 aromatic heterocycles. The Morgan fingerprint density at radius 2 is 2.00 bits per heavy atom. The number of nitrogens with one attached hydrogen (secondary N) is 1. The van der Waals surface area contributed by atoms with Gasteiger partial charge in [-0.2, -0.15) is 5.26 Å². The van der Waals surface area contributed by atoms with Gasteiger partial charge in [-0.3, -0.25) is 9.69 Å². The summed E-state index contributed by atoms with van der Waals surface area (Å²) in [7, 11) is 1.48. The first-order chi connectivity index (χ1) is 12.0. The van der Waals surface area contributed by atoms with Crippen molar-refractivity contribution in [2.75, 3.05) is 7.11 Å². The Morgan fingerprint density at radius 1 is 1.28 bits per heavy atom. The Bertz CT molecular complexity index is 873. The maximum atomic E-state index is 12.9. The molecule has 7 nitrogen and oxygen atoms in total. The van der Waals surface area contributed by atoms with Crippen molar-refractivity contribution in [3.8, 4) is 11.9 Å². The van der Waals surface area contributed by atoms with Crippen molar-refractivity contribution < 1.29 is 14.3 Å². The first-order valence-electron chi connectivity index (χ1n) is 7.62. The van der Waals surface area contributed by atoms with E-state index in [1.54, 1.807) is 49.5 Å². The van der Waals surface area contributed by atoms with Gasteiger partial charge in [-0.05, 0) is 30.7 Å². The van der Waals surface area contributed by atoms with Crippen LogP contribution in [0.4, 0.5) is 4.79 Å². The van der Waals surface area contributed by atoms with Gasteiger partial charge in [0.25, 0.3) is 5.91 Å². The van der Waals surface area contributed by atoms with Crippen LogP contribution < -0.4 is 10.1 Å². The second-order valence-electron chi connectivity index (χ2n) is 5.81. The highest BCUT2D eigenvalue weighted by Crippen LogP contribution is 2.30. The summed E-state index contributed by atoms with van der Waals surface area (Å²) >= 11 is 0. The lowest BCUT2D eigenvalue weighted by Gasteiger charge is -2.22. The molecule has 1 atom stereocenters. The molecule has 0 bridgehead atoms. The largest absolute Gasteiger partial charge is 0.481 e. The van der Waals surface area contributed by atoms with Crippen LogP contribution in [0.15, 0.2) is 42.6 Å². The molecular formula is C18H16N4O3. The van der Waals surface area contributed by atoms with Gasteiger partial charge in [0.1, 0.15) is 5.54 Å². The number of urea groups is 1.